The third-order valence-corrected chi connectivity index (χ3v) is 7.52. The summed E-state index contributed by atoms with van der Waals surface area (Å²) in [5.74, 6) is -0.219. The van der Waals surface area contributed by atoms with Crippen LogP contribution in [0.3, 0.4) is 0 Å². The molecule has 2 amide bonds. The Morgan fingerprint density at radius 3 is 2.50 bits per heavy atom. The Kier molecular flexibility index (Phi) is 7.90. The second-order valence-electron chi connectivity index (χ2n) is 8.05. The summed E-state index contributed by atoms with van der Waals surface area (Å²) in [7, 11) is 1.55. The highest BCUT2D eigenvalue weighted by Gasteiger charge is 2.41. The minimum Gasteiger partial charge on any atom is -0.497 e. The molecule has 36 heavy (non-hydrogen) atoms. The number of nitrogens with zero attached hydrogens (tertiary/aromatic N) is 2. The summed E-state index contributed by atoms with van der Waals surface area (Å²) in [6.45, 7) is 1.91. The van der Waals surface area contributed by atoms with E-state index in [0.29, 0.717) is 33.6 Å². The van der Waals surface area contributed by atoms with Gasteiger partial charge < -0.3 is 10.1 Å². The van der Waals surface area contributed by atoms with E-state index in [-0.39, 0.29) is 16.5 Å². The maximum atomic E-state index is 13.6. The maximum absolute atomic E-state index is 13.6. The van der Waals surface area contributed by atoms with Crippen molar-refractivity contribution in [1.82, 2.24) is 0 Å². The highest BCUT2D eigenvalue weighted by molar-refractivity contribution is 8.05. The topological polar surface area (TPSA) is 82.4 Å². The number of nitrogens with one attached hydrogen (secondary N) is 1. The second kappa shape index (κ2) is 11.1. The summed E-state index contributed by atoms with van der Waals surface area (Å²) >= 11 is 13.4. The van der Waals surface area contributed by atoms with E-state index < -0.39 is 11.2 Å². The lowest BCUT2D eigenvalue weighted by molar-refractivity contribution is -0.117. The number of hydrogen-bond acceptors (Lipinski definition) is 5. The van der Waals surface area contributed by atoms with Gasteiger partial charge >= 0.3 is 0 Å². The molecule has 1 unspecified atom stereocenters. The third-order valence-electron chi connectivity index (χ3n) is 5.52. The van der Waals surface area contributed by atoms with Gasteiger partial charge in [0.2, 0.25) is 5.91 Å². The lowest BCUT2D eigenvalue weighted by Gasteiger charge is -2.19. The number of carbonyl (C=O) groups excluding carboxylic acids is 2. The van der Waals surface area contributed by atoms with Gasteiger partial charge in [-0.15, -0.1) is 0 Å². The van der Waals surface area contributed by atoms with Crippen LogP contribution in [0.2, 0.25) is 10.0 Å². The molecule has 0 aliphatic carbocycles. The van der Waals surface area contributed by atoms with Gasteiger partial charge in [0, 0.05) is 11.4 Å². The number of benzene rings is 3. The molecule has 0 aromatic heterocycles. The van der Waals surface area contributed by atoms with Gasteiger partial charge in [0.05, 0.1) is 22.4 Å². The first-order valence-electron chi connectivity index (χ1n) is 10.9. The van der Waals surface area contributed by atoms with E-state index in [1.54, 1.807) is 61.7 Å². The molecule has 3 aromatic carbocycles. The Bertz CT molecular complexity index is 1400. The summed E-state index contributed by atoms with van der Waals surface area (Å²) in [4.78, 5) is 28.2. The molecule has 4 rings (SSSR count). The molecule has 1 fully saturated rings. The van der Waals surface area contributed by atoms with Crippen molar-refractivity contribution in [2.45, 2.75) is 18.6 Å². The fraction of sp³-hybridized carbons (Fsp3) is 0.148. The molecule has 1 atom stereocenters. The predicted molar refractivity (Wildman–Crippen MR) is 144 cm³/mol. The van der Waals surface area contributed by atoms with Gasteiger partial charge in [-0.3, -0.25) is 14.5 Å². The standard InChI is InChI=1S/C27H21Cl2N3O3S/c1-16-4-3-5-18(12-16)31-25(33)21(15-30)27-32(19-7-9-20(35-2)10-8-19)26(34)24(36-27)14-17-6-11-22(28)23(29)13-17/h3-13,24H,14H2,1-2H3,(H,31,33)/b27-21-. The Hall–Kier alpha value is -3.44. The lowest BCUT2D eigenvalue weighted by Crippen LogP contribution is -2.30. The summed E-state index contributed by atoms with van der Waals surface area (Å²) in [5, 5.41) is 13.3. The first-order valence-corrected chi connectivity index (χ1v) is 12.5. The molecule has 0 spiro atoms. The molecule has 1 N–H and O–H groups in total. The number of carbonyl (C=O) groups is 2. The zero-order valence-electron chi connectivity index (χ0n) is 19.4. The van der Waals surface area contributed by atoms with Crippen LogP contribution in [-0.4, -0.2) is 24.2 Å². The first kappa shape index (κ1) is 25.6. The first-order chi connectivity index (χ1) is 17.3. The smallest absolute Gasteiger partial charge is 0.269 e. The second-order valence-corrected chi connectivity index (χ2v) is 10.1. The zero-order valence-corrected chi connectivity index (χ0v) is 21.7. The Labute approximate surface area is 223 Å². The molecule has 1 aliphatic heterocycles. The molecule has 9 heteroatoms. The van der Waals surface area contributed by atoms with Gasteiger partial charge in [-0.1, -0.05) is 53.2 Å². The minimum atomic E-state index is -0.591. The normalized spacial score (nSPS) is 16.5. The lowest BCUT2D eigenvalue weighted by atomic mass is 10.1. The van der Waals surface area contributed by atoms with E-state index in [1.807, 2.05) is 25.1 Å². The zero-order chi connectivity index (χ0) is 25.8. The number of thioether (sulfide) groups is 1. The number of halogens is 2. The number of methoxy groups -OCH3 is 1. The van der Waals surface area contributed by atoms with Crippen molar-refractivity contribution in [2.24, 2.45) is 0 Å². The molecule has 1 heterocycles. The number of rotatable bonds is 6. The van der Waals surface area contributed by atoms with Crippen molar-refractivity contribution in [3.8, 4) is 11.8 Å². The van der Waals surface area contributed by atoms with Crippen molar-refractivity contribution >= 4 is 58.2 Å². The van der Waals surface area contributed by atoms with Crippen LogP contribution in [0.15, 0.2) is 77.3 Å². The Morgan fingerprint density at radius 1 is 1.11 bits per heavy atom. The Balaban J connectivity index is 1.73. The van der Waals surface area contributed by atoms with Crippen LogP contribution in [0.25, 0.3) is 0 Å². The third kappa shape index (κ3) is 5.52. The van der Waals surface area contributed by atoms with Crippen molar-refractivity contribution in [3.63, 3.8) is 0 Å². The van der Waals surface area contributed by atoms with E-state index in [4.69, 9.17) is 27.9 Å². The van der Waals surface area contributed by atoms with Gasteiger partial charge in [-0.05, 0) is 73.0 Å². The van der Waals surface area contributed by atoms with Crippen molar-refractivity contribution in [1.29, 1.82) is 5.26 Å². The predicted octanol–water partition coefficient (Wildman–Crippen LogP) is 6.38. The number of hydrogen-bond donors (Lipinski definition) is 1. The summed E-state index contributed by atoms with van der Waals surface area (Å²) < 4.78 is 5.23. The van der Waals surface area contributed by atoms with Crippen molar-refractivity contribution < 1.29 is 14.3 Å². The molecular formula is C27H21Cl2N3O3S. The molecule has 0 radical (unpaired) electrons. The molecule has 0 saturated carbocycles. The average Bonchev–Trinajstić information content (AvgIpc) is 3.17. The fourth-order valence-electron chi connectivity index (χ4n) is 3.75. The summed E-state index contributed by atoms with van der Waals surface area (Å²) in [6.07, 6.45) is 0.342. The highest BCUT2D eigenvalue weighted by atomic mass is 35.5. The Morgan fingerprint density at radius 2 is 1.86 bits per heavy atom. The highest BCUT2D eigenvalue weighted by Crippen LogP contribution is 2.42. The minimum absolute atomic E-state index is 0.151. The van der Waals surface area contributed by atoms with Crippen molar-refractivity contribution in [3.05, 3.63) is 98.5 Å². The SMILES string of the molecule is COc1ccc(N2C(=O)C(Cc3ccc(Cl)c(Cl)c3)S/C2=C(/C#N)C(=O)Nc2cccc(C)c2)cc1. The van der Waals surface area contributed by atoms with Gasteiger partial charge in [-0.25, -0.2) is 0 Å². The maximum Gasteiger partial charge on any atom is 0.269 e. The van der Waals surface area contributed by atoms with Crippen LogP contribution in [0.4, 0.5) is 11.4 Å². The van der Waals surface area contributed by atoms with E-state index >= 15 is 0 Å². The number of amides is 2. The monoisotopic (exact) mass is 537 g/mol. The van der Waals surface area contributed by atoms with Gasteiger partial charge in [0.25, 0.3) is 5.91 Å². The van der Waals surface area contributed by atoms with E-state index in [9.17, 15) is 14.9 Å². The van der Waals surface area contributed by atoms with Gasteiger partial charge in [-0.2, -0.15) is 5.26 Å². The summed E-state index contributed by atoms with van der Waals surface area (Å²) in [5.41, 5.74) is 2.71. The van der Waals surface area contributed by atoms with E-state index in [2.05, 4.69) is 5.32 Å². The quantitative estimate of drug-likeness (QED) is 0.291. The van der Waals surface area contributed by atoms with Gasteiger partial charge in [0.15, 0.2) is 0 Å². The van der Waals surface area contributed by atoms with Crippen LogP contribution < -0.4 is 15.0 Å². The average molecular weight is 538 g/mol. The molecule has 1 saturated heterocycles. The van der Waals surface area contributed by atoms with E-state index in [0.717, 1.165) is 11.1 Å². The van der Waals surface area contributed by atoms with Gasteiger partial charge in [0.1, 0.15) is 22.4 Å². The largest absolute Gasteiger partial charge is 0.497 e. The molecule has 182 valence electrons. The fourth-order valence-corrected chi connectivity index (χ4v) is 5.38. The van der Waals surface area contributed by atoms with E-state index in [1.165, 1.54) is 16.7 Å². The van der Waals surface area contributed by atoms with Crippen LogP contribution in [0.1, 0.15) is 11.1 Å². The summed E-state index contributed by atoms with van der Waals surface area (Å²) in [6, 6.07) is 21.3. The van der Waals surface area contributed by atoms with Crippen LogP contribution in [-0.2, 0) is 16.0 Å². The molecular weight excluding hydrogens is 517 g/mol. The van der Waals surface area contributed by atoms with Crippen LogP contribution >= 0.6 is 35.0 Å². The van der Waals surface area contributed by atoms with Crippen LogP contribution in [0, 0.1) is 18.3 Å². The molecule has 6 nitrogen and oxygen atoms in total. The number of aryl methyl sites for hydroxylation is 1. The molecule has 3 aromatic rings. The number of anilines is 2. The van der Waals surface area contributed by atoms with Crippen LogP contribution in [0.5, 0.6) is 5.75 Å². The number of ether oxygens (including phenoxy) is 1. The number of nitriles is 1. The molecule has 0 bridgehead atoms. The van der Waals surface area contributed by atoms with Crippen molar-refractivity contribution in [2.75, 3.05) is 17.3 Å². The molecule has 1 aliphatic rings.